The number of carbonyl (C=O) groups excluding carboxylic acids is 2. The van der Waals surface area contributed by atoms with Crippen molar-refractivity contribution in [2.24, 2.45) is 0 Å². The van der Waals surface area contributed by atoms with Gasteiger partial charge in [-0.2, -0.15) is 5.10 Å². The van der Waals surface area contributed by atoms with E-state index < -0.39 is 6.04 Å². The molecule has 8 heteroatoms. The molecule has 0 spiro atoms. The maximum Gasteiger partial charge on any atom is 0.255 e. The highest BCUT2D eigenvalue weighted by atomic mass is 19.1. The molecule has 0 radical (unpaired) electrons. The summed E-state index contributed by atoms with van der Waals surface area (Å²) in [6.45, 7) is 0.624. The van der Waals surface area contributed by atoms with Crippen molar-refractivity contribution in [3.05, 3.63) is 59.0 Å². The van der Waals surface area contributed by atoms with E-state index in [2.05, 4.69) is 20.8 Å². The van der Waals surface area contributed by atoms with Gasteiger partial charge in [-0.05, 0) is 55.2 Å². The summed E-state index contributed by atoms with van der Waals surface area (Å²) in [6, 6.07) is 8.92. The third-order valence-electron chi connectivity index (χ3n) is 5.30. The van der Waals surface area contributed by atoms with E-state index in [0.717, 1.165) is 18.4 Å². The predicted molar refractivity (Wildman–Crippen MR) is 116 cm³/mol. The number of carbonyl (C=O) groups is 2. The van der Waals surface area contributed by atoms with Gasteiger partial charge in [0.2, 0.25) is 5.91 Å². The Kier molecular flexibility index (Phi) is 5.97. The summed E-state index contributed by atoms with van der Waals surface area (Å²) in [5, 5.41) is 13.5. The molecule has 160 valence electrons. The number of aromatic amines is 1. The van der Waals surface area contributed by atoms with Crippen LogP contribution in [0.2, 0.25) is 0 Å². The van der Waals surface area contributed by atoms with Gasteiger partial charge in [-0.25, -0.2) is 4.39 Å². The van der Waals surface area contributed by atoms with Gasteiger partial charge in [0.15, 0.2) is 0 Å². The molecule has 1 saturated heterocycles. The third kappa shape index (κ3) is 4.42. The molecule has 3 N–H and O–H groups in total. The molecule has 0 bridgehead atoms. The molecule has 2 aromatic carbocycles. The zero-order valence-corrected chi connectivity index (χ0v) is 17.1. The second-order valence-corrected chi connectivity index (χ2v) is 7.38. The number of benzene rings is 2. The summed E-state index contributed by atoms with van der Waals surface area (Å²) in [6.07, 6.45) is 5.93. The largest absolute Gasteiger partial charge is 0.495 e. The van der Waals surface area contributed by atoms with Crippen molar-refractivity contribution in [1.82, 2.24) is 20.8 Å². The highest BCUT2D eigenvalue weighted by Gasteiger charge is 2.25. The first kappa shape index (κ1) is 20.6. The number of fused-ring (bicyclic) bond motifs is 1. The van der Waals surface area contributed by atoms with E-state index in [1.54, 1.807) is 36.4 Å². The lowest BCUT2D eigenvalue weighted by Crippen LogP contribution is -2.45. The lowest BCUT2D eigenvalue weighted by molar-refractivity contribution is -0.122. The topological polar surface area (TPSA) is 96.1 Å². The predicted octanol–water partition coefficient (Wildman–Crippen LogP) is 3.28. The molecule has 4 rings (SSSR count). The third-order valence-corrected chi connectivity index (χ3v) is 5.30. The van der Waals surface area contributed by atoms with Crippen molar-refractivity contribution < 1.29 is 18.7 Å². The van der Waals surface area contributed by atoms with E-state index in [4.69, 9.17) is 4.74 Å². The fourth-order valence-corrected chi connectivity index (χ4v) is 3.68. The molecule has 2 heterocycles. The fourth-order valence-electron chi connectivity index (χ4n) is 3.68. The van der Waals surface area contributed by atoms with Crippen molar-refractivity contribution in [2.45, 2.75) is 25.3 Å². The first-order valence-electron chi connectivity index (χ1n) is 10.1. The molecular weight excluding hydrogens is 399 g/mol. The quantitative estimate of drug-likeness (QED) is 0.588. The Morgan fingerprint density at radius 2 is 2.00 bits per heavy atom. The number of amides is 2. The van der Waals surface area contributed by atoms with Gasteiger partial charge in [-0.1, -0.05) is 18.2 Å². The normalized spacial score (nSPS) is 16.8. The van der Waals surface area contributed by atoms with Gasteiger partial charge < -0.3 is 15.4 Å². The van der Waals surface area contributed by atoms with E-state index in [9.17, 15) is 14.0 Å². The second kappa shape index (κ2) is 8.99. The van der Waals surface area contributed by atoms with Gasteiger partial charge in [0.05, 0.1) is 29.3 Å². The van der Waals surface area contributed by atoms with Gasteiger partial charge in [-0.3, -0.25) is 14.7 Å². The number of nitrogens with one attached hydrogen (secondary N) is 3. The van der Waals surface area contributed by atoms with Crippen LogP contribution in [0.15, 0.2) is 36.4 Å². The van der Waals surface area contributed by atoms with Crippen LogP contribution >= 0.6 is 0 Å². The number of nitrogens with zero attached hydrogens (tertiary/aromatic N) is 1. The summed E-state index contributed by atoms with van der Waals surface area (Å²) in [5.74, 6) is -0.480. The van der Waals surface area contributed by atoms with Crippen LogP contribution in [0.3, 0.4) is 0 Å². The molecule has 1 aliphatic rings. The number of methoxy groups -OCH3 is 1. The van der Waals surface area contributed by atoms with E-state index in [-0.39, 0.29) is 17.6 Å². The zero-order chi connectivity index (χ0) is 21.8. The smallest absolute Gasteiger partial charge is 0.255 e. The van der Waals surface area contributed by atoms with Crippen molar-refractivity contribution in [3.63, 3.8) is 0 Å². The molecular formula is C23H23FN4O3. The maximum atomic E-state index is 13.1. The Morgan fingerprint density at radius 1 is 1.19 bits per heavy atom. The van der Waals surface area contributed by atoms with Crippen LogP contribution in [0, 0.1) is 5.82 Å². The van der Waals surface area contributed by atoms with Crippen molar-refractivity contribution in [1.29, 1.82) is 0 Å². The second-order valence-electron chi connectivity index (χ2n) is 7.38. The molecule has 1 aromatic heterocycles. The van der Waals surface area contributed by atoms with Crippen LogP contribution in [-0.4, -0.2) is 41.7 Å². The highest BCUT2D eigenvalue weighted by Crippen LogP contribution is 2.32. The van der Waals surface area contributed by atoms with Crippen LogP contribution < -0.4 is 15.4 Å². The minimum atomic E-state index is -0.572. The van der Waals surface area contributed by atoms with Crippen molar-refractivity contribution in [3.8, 4) is 5.75 Å². The molecule has 0 aliphatic carbocycles. The molecule has 31 heavy (non-hydrogen) atoms. The first-order valence-corrected chi connectivity index (χ1v) is 10.1. The summed E-state index contributed by atoms with van der Waals surface area (Å²) in [7, 11) is 1.49. The molecule has 1 fully saturated rings. The number of H-pyrrole nitrogens is 1. The summed E-state index contributed by atoms with van der Waals surface area (Å²) in [5.41, 5.74) is 2.42. The minimum absolute atomic E-state index is 0.169. The number of hydrogen-bond acceptors (Lipinski definition) is 4. The lowest BCUT2D eigenvalue weighted by Gasteiger charge is -2.16. The maximum absolute atomic E-state index is 13.1. The van der Waals surface area contributed by atoms with Crippen LogP contribution in [0.1, 0.15) is 40.9 Å². The van der Waals surface area contributed by atoms with Crippen LogP contribution in [0.4, 0.5) is 4.39 Å². The Hall–Kier alpha value is -3.68. The summed E-state index contributed by atoms with van der Waals surface area (Å²) >= 11 is 0. The zero-order valence-electron chi connectivity index (χ0n) is 17.1. The number of aromatic nitrogens is 2. The van der Waals surface area contributed by atoms with Gasteiger partial charge in [-0.15, -0.1) is 0 Å². The molecule has 2 amide bonds. The lowest BCUT2D eigenvalue weighted by atomic mass is 10.1. The van der Waals surface area contributed by atoms with Gasteiger partial charge >= 0.3 is 0 Å². The standard InChI is InChI=1S/C23H23FN4O3/c1-31-21-16(22(29)26-19-4-2-3-13-25-23(19)30)10-12-18-20(21)17(27-28-18)11-7-14-5-8-15(24)9-6-14/h5-12,19H,2-4,13H2,1H3,(H,25,30)(H,26,29)(H,27,28)/b11-7+. The number of rotatable bonds is 5. The number of ether oxygens (including phenoxy) is 1. The number of halogens is 1. The highest BCUT2D eigenvalue weighted by molar-refractivity contribution is 6.06. The molecule has 1 aliphatic heterocycles. The van der Waals surface area contributed by atoms with Gasteiger partial charge in [0.1, 0.15) is 17.6 Å². The Bertz CT molecular complexity index is 1140. The van der Waals surface area contributed by atoms with E-state index in [1.165, 1.54) is 19.2 Å². The molecule has 7 nitrogen and oxygen atoms in total. The number of hydrogen-bond donors (Lipinski definition) is 3. The monoisotopic (exact) mass is 422 g/mol. The Labute approximate surface area is 178 Å². The summed E-state index contributed by atoms with van der Waals surface area (Å²) < 4.78 is 18.7. The van der Waals surface area contributed by atoms with Gasteiger partial charge in [0.25, 0.3) is 5.91 Å². The fraction of sp³-hybridized carbons (Fsp3) is 0.261. The first-order chi connectivity index (χ1) is 15.1. The molecule has 1 unspecified atom stereocenters. The SMILES string of the molecule is COc1c(C(=O)NC2CCCCNC2=O)ccc2[nH]nc(/C=C/c3ccc(F)cc3)c12. The summed E-state index contributed by atoms with van der Waals surface area (Å²) in [4.78, 5) is 25.2. The van der Waals surface area contributed by atoms with Gasteiger partial charge in [0, 0.05) is 6.54 Å². The average molecular weight is 422 g/mol. The van der Waals surface area contributed by atoms with E-state index in [1.807, 2.05) is 0 Å². The van der Waals surface area contributed by atoms with Crippen LogP contribution in [0.25, 0.3) is 23.1 Å². The minimum Gasteiger partial charge on any atom is -0.495 e. The molecule has 3 aromatic rings. The van der Waals surface area contributed by atoms with Crippen LogP contribution in [0.5, 0.6) is 5.75 Å². The average Bonchev–Trinajstić information content (AvgIpc) is 3.09. The van der Waals surface area contributed by atoms with Crippen LogP contribution in [-0.2, 0) is 4.79 Å². The molecule has 0 saturated carbocycles. The Morgan fingerprint density at radius 3 is 2.77 bits per heavy atom. The van der Waals surface area contributed by atoms with Crippen molar-refractivity contribution >= 4 is 34.9 Å². The molecule has 1 atom stereocenters. The van der Waals surface area contributed by atoms with E-state index in [0.29, 0.717) is 40.9 Å². The van der Waals surface area contributed by atoms with E-state index >= 15 is 0 Å². The van der Waals surface area contributed by atoms with Crippen molar-refractivity contribution in [2.75, 3.05) is 13.7 Å². The Balaban J connectivity index is 1.65.